The van der Waals surface area contributed by atoms with Gasteiger partial charge in [0.05, 0.1) is 6.10 Å². The molecule has 4 heteroatoms. The fourth-order valence-corrected chi connectivity index (χ4v) is 2.78. The van der Waals surface area contributed by atoms with Gasteiger partial charge in [-0.3, -0.25) is 4.79 Å². The van der Waals surface area contributed by atoms with E-state index in [0.717, 1.165) is 45.3 Å². The summed E-state index contributed by atoms with van der Waals surface area (Å²) in [7, 11) is 0. The molecule has 2 saturated heterocycles. The number of amides is 1. The fraction of sp³-hybridized carbons (Fsp3) is 0.938. The highest BCUT2D eigenvalue weighted by Crippen LogP contribution is 2.13. The average Bonchev–Trinajstić information content (AvgIpc) is 2.40. The van der Waals surface area contributed by atoms with Gasteiger partial charge < -0.3 is 14.9 Å². The third kappa shape index (κ3) is 5.80. The van der Waals surface area contributed by atoms with Gasteiger partial charge in [0.15, 0.2) is 0 Å². The van der Waals surface area contributed by atoms with Gasteiger partial charge in [0.25, 0.3) is 0 Å². The Hall–Kier alpha value is -0.610. The number of hydrogen-bond acceptors (Lipinski definition) is 3. The van der Waals surface area contributed by atoms with Gasteiger partial charge in [-0.1, -0.05) is 0 Å². The van der Waals surface area contributed by atoms with Crippen LogP contribution >= 0.6 is 0 Å². The largest absolute Gasteiger partial charge is 0.393 e. The monoisotopic (exact) mass is 284 g/mol. The Morgan fingerprint density at radius 1 is 1.00 bits per heavy atom. The van der Waals surface area contributed by atoms with E-state index in [1.54, 1.807) is 0 Å². The highest BCUT2D eigenvalue weighted by Gasteiger charge is 2.19. The van der Waals surface area contributed by atoms with Crippen molar-refractivity contribution in [1.82, 2.24) is 9.80 Å². The molecule has 0 aliphatic carbocycles. The van der Waals surface area contributed by atoms with Gasteiger partial charge in [0.1, 0.15) is 0 Å². The quantitative estimate of drug-likeness (QED) is 0.846. The second-order valence-corrected chi connectivity index (χ2v) is 6.50. The lowest BCUT2D eigenvalue weighted by atomic mass is 10.1. The van der Waals surface area contributed by atoms with Crippen LogP contribution in [0.5, 0.6) is 0 Å². The topological polar surface area (TPSA) is 43.8 Å². The maximum absolute atomic E-state index is 11.2. The zero-order valence-corrected chi connectivity index (χ0v) is 13.6. The van der Waals surface area contributed by atoms with Gasteiger partial charge >= 0.3 is 0 Å². The number of carbonyl (C=O) groups is 1. The van der Waals surface area contributed by atoms with Crippen LogP contribution in [0.3, 0.4) is 0 Å². The number of nitrogens with zero attached hydrogens (tertiary/aromatic N) is 2. The molecule has 0 unspecified atom stereocenters. The van der Waals surface area contributed by atoms with E-state index in [1.807, 2.05) is 4.90 Å². The van der Waals surface area contributed by atoms with Crippen molar-refractivity contribution in [3.63, 3.8) is 0 Å². The predicted octanol–water partition coefficient (Wildman–Crippen LogP) is 2.26. The highest BCUT2D eigenvalue weighted by molar-refractivity contribution is 5.77. The minimum atomic E-state index is -0.0324. The molecule has 0 aromatic carbocycles. The molecule has 0 bridgehead atoms. The lowest BCUT2D eigenvalue weighted by molar-refractivity contribution is -0.135. The van der Waals surface area contributed by atoms with Crippen LogP contribution in [-0.4, -0.2) is 58.6 Å². The zero-order chi connectivity index (χ0) is 15.1. The normalized spacial score (nSPS) is 22.1. The second kappa shape index (κ2) is 8.63. The van der Waals surface area contributed by atoms with Crippen molar-refractivity contribution in [2.24, 2.45) is 0 Å². The van der Waals surface area contributed by atoms with E-state index in [0.29, 0.717) is 18.0 Å². The molecule has 1 amide bonds. The summed E-state index contributed by atoms with van der Waals surface area (Å²) >= 11 is 0. The molecule has 0 atom stereocenters. The first kappa shape index (κ1) is 17.4. The third-order valence-electron chi connectivity index (χ3n) is 4.21. The molecule has 0 radical (unpaired) electrons. The maximum atomic E-state index is 11.2. The SMILES string of the molecule is CC(C)N1CCC(O)CC1.CC(C)N1CCCCC1=O. The van der Waals surface area contributed by atoms with Gasteiger partial charge in [-0.05, 0) is 53.4 Å². The Bertz CT molecular complexity index is 284. The van der Waals surface area contributed by atoms with Crippen LogP contribution in [0, 0.1) is 0 Å². The summed E-state index contributed by atoms with van der Waals surface area (Å²) in [4.78, 5) is 15.5. The number of hydrogen-bond donors (Lipinski definition) is 1. The van der Waals surface area contributed by atoms with E-state index in [1.165, 1.54) is 6.42 Å². The van der Waals surface area contributed by atoms with E-state index in [2.05, 4.69) is 32.6 Å². The van der Waals surface area contributed by atoms with Crippen LogP contribution in [0.25, 0.3) is 0 Å². The fourth-order valence-electron chi connectivity index (χ4n) is 2.78. The number of aliphatic hydroxyl groups excluding tert-OH is 1. The van der Waals surface area contributed by atoms with Crippen molar-refractivity contribution in [3.05, 3.63) is 0 Å². The molecule has 20 heavy (non-hydrogen) atoms. The molecule has 2 aliphatic rings. The van der Waals surface area contributed by atoms with Crippen LogP contribution in [0.1, 0.15) is 59.8 Å². The molecule has 2 heterocycles. The van der Waals surface area contributed by atoms with Gasteiger partial charge in [0, 0.05) is 38.1 Å². The Morgan fingerprint density at radius 2 is 1.60 bits per heavy atom. The summed E-state index contributed by atoms with van der Waals surface area (Å²) in [6.07, 6.45) is 4.91. The summed E-state index contributed by atoms with van der Waals surface area (Å²) in [5.41, 5.74) is 0. The van der Waals surface area contributed by atoms with E-state index in [4.69, 9.17) is 0 Å². The molecule has 1 N–H and O–H groups in total. The van der Waals surface area contributed by atoms with Crippen LogP contribution in [0.2, 0.25) is 0 Å². The molecule has 2 fully saturated rings. The number of rotatable bonds is 2. The van der Waals surface area contributed by atoms with Crippen molar-refractivity contribution in [3.8, 4) is 0 Å². The summed E-state index contributed by atoms with van der Waals surface area (Å²) in [5, 5.41) is 9.18. The van der Waals surface area contributed by atoms with Crippen molar-refractivity contribution in [1.29, 1.82) is 0 Å². The van der Waals surface area contributed by atoms with Gasteiger partial charge in [0.2, 0.25) is 5.91 Å². The Labute approximate surface area is 124 Å². The molecule has 4 nitrogen and oxygen atoms in total. The first-order valence-corrected chi connectivity index (χ1v) is 8.13. The molecular formula is C16H32N2O2. The van der Waals surface area contributed by atoms with Gasteiger partial charge in [-0.2, -0.15) is 0 Å². The summed E-state index contributed by atoms with van der Waals surface area (Å²) in [6.45, 7) is 11.7. The number of likely N-dealkylation sites (tertiary alicyclic amines) is 2. The van der Waals surface area contributed by atoms with E-state index < -0.39 is 0 Å². The minimum Gasteiger partial charge on any atom is -0.393 e. The van der Waals surface area contributed by atoms with Crippen LogP contribution in [0.15, 0.2) is 0 Å². The lowest BCUT2D eigenvalue weighted by Gasteiger charge is -2.32. The summed E-state index contributed by atoms with van der Waals surface area (Å²) in [5.74, 6) is 0.334. The van der Waals surface area contributed by atoms with Crippen molar-refractivity contribution < 1.29 is 9.90 Å². The predicted molar refractivity (Wildman–Crippen MR) is 82.6 cm³/mol. The minimum absolute atomic E-state index is 0.0324. The van der Waals surface area contributed by atoms with Gasteiger partial charge in [-0.25, -0.2) is 0 Å². The number of aliphatic hydroxyl groups is 1. The van der Waals surface area contributed by atoms with Crippen molar-refractivity contribution >= 4 is 5.91 Å². The first-order chi connectivity index (χ1) is 9.41. The second-order valence-electron chi connectivity index (χ2n) is 6.50. The van der Waals surface area contributed by atoms with Crippen molar-refractivity contribution in [2.45, 2.75) is 78.0 Å². The molecule has 0 aromatic rings. The van der Waals surface area contributed by atoms with Crippen LogP contribution in [-0.2, 0) is 4.79 Å². The lowest BCUT2D eigenvalue weighted by Crippen LogP contribution is -2.40. The zero-order valence-electron chi connectivity index (χ0n) is 13.6. The highest BCUT2D eigenvalue weighted by atomic mass is 16.3. The Balaban J connectivity index is 0.000000200. The van der Waals surface area contributed by atoms with Crippen molar-refractivity contribution in [2.75, 3.05) is 19.6 Å². The molecule has 2 rings (SSSR count). The molecular weight excluding hydrogens is 252 g/mol. The van der Waals surface area contributed by atoms with E-state index in [-0.39, 0.29) is 6.10 Å². The summed E-state index contributed by atoms with van der Waals surface area (Å²) in [6, 6.07) is 1.04. The molecule has 0 aromatic heterocycles. The molecule has 2 aliphatic heterocycles. The molecule has 0 spiro atoms. The molecule has 118 valence electrons. The number of carbonyl (C=O) groups excluding carboxylic acids is 1. The van der Waals surface area contributed by atoms with E-state index >= 15 is 0 Å². The molecule has 0 saturated carbocycles. The van der Waals surface area contributed by atoms with Crippen LogP contribution in [0.4, 0.5) is 0 Å². The van der Waals surface area contributed by atoms with E-state index in [9.17, 15) is 9.90 Å². The maximum Gasteiger partial charge on any atom is 0.222 e. The number of piperidine rings is 2. The standard InChI is InChI=1S/C8H17NO.C8H15NO/c1-7(2)9-5-3-8(10)4-6-9;1-7(2)9-6-4-3-5-8(9)10/h7-8,10H,3-6H2,1-2H3;7H,3-6H2,1-2H3. The Morgan fingerprint density at radius 3 is 2.00 bits per heavy atom. The summed E-state index contributed by atoms with van der Waals surface area (Å²) < 4.78 is 0. The van der Waals surface area contributed by atoms with Gasteiger partial charge in [-0.15, -0.1) is 0 Å². The van der Waals surface area contributed by atoms with Crippen LogP contribution < -0.4 is 0 Å². The third-order valence-corrected chi connectivity index (χ3v) is 4.21. The smallest absolute Gasteiger partial charge is 0.222 e. The Kier molecular flexibility index (Phi) is 7.52. The average molecular weight is 284 g/mol. The first-order valence-electron chi connectivity index (χ1n) is 8.13.